The van der Waals surface area contributed by atoms with Gasteiger partial charge in [0.05, 0.1) is 23.9 Å². The lowest BCUT2D eigenvalue weighted by Gasteiger charge is -2.29. The van der Waals surface area contributed by atoms with E-state index in [2.05, 4.69) is 10.3 Å². The quantitative estimate of drug-likeness (QED) is 0.838. The number of carbonyl (C=O) groups excluding carboxylic acids is 1. The molecule has 2 amide bonds. The van der Waals surface area contributed by atoms with Crippen molar-refractivity contribution in [3.8, 4) is 11.3 Å². The van der Waals surface area contributed by atoms with Crippen LogP contribution in [0.4, 0.5) is 4.79 Å². The van der Waals surface area contributed by atoms with E-state index in [9.17, 15) is 9.90 Å². The Bertz CT molecular complexity index is 664. The molecule has 6 heteroatoms. The van der Waals surface area contributed by atoms with Crippen LogP contribution >= 0.6 is 11.3 Å². The third-order valence-corrected chi connectivity index (χ3v) is 4.58. The molecule has 2 N–H and O–H groups in total. The number of benzene rings is 1. The number of nitrogens with zero attached hydrogens (tertiary/aromatic N) is 2. The van der Waals surface area contributed by atoms with E-state index < -0.39 is 5.60 Å². The summed E-state index contributed by atoms with van der Waals surface area (Å²) in [6.07, 6.45) is 0. The van der Waals surface area contributed by atoms with E-state index >= 15 is 0 Å². The number of thiazole rings is 1. The highest BCUT2D eigenvalue weighted by Crippen LogP contribution is 2.25. The van der Waals surface area contributed by atoms with Crippen LogP contribution in [0.1, 0.15) is 38.7 Å². The maximum atomic E-state index is 12.4. The Hall–Kier alpha value is -1.92. The van der Waals surface area contributed by atoms with Crippen LogP contribution in [0.15, 0.2) is 35.7 Å². The average molecular weight is 347 g/mol. The van der Waals surface area contributed by atoms with Gasteiger partial charge in [-0.1, -0.05) is 30.3 Å². The summed E-state index contributed by atoms with van der Waals surface area (Å²) in [4.78, 5) is 18.6. The summed E-state index contributed by atoms with van der Waals surface area (Å²) in [5.74, 6) is 0. The van der Waals surface area contributed by atoms with Gasteiger partial charge in [-0.2, -0.15) is 0 Å². The summed E-state index contributed by atoms with van der Waals surface area (Å²) in [6.45, 7) is 8.03. The van der Waals surface area contributed by atoms with Gasteiger partial charge in [-0.25, -0.2) is 9.78 Å². The van der Waals surface area contributed by atoms with Crippen LogP contribution in [-0.2, 0) is 0 Å². The maximum Gasteiger partial charge on any atom is 0.318 e. The standard InChI is InChI=1S/C18H25N3O2S/c1-5-21(12-18(3,4)23)17(22)19-13(2)16-20-15(11-24-16)14-9-7-6-8-10-14/h6-11,13,23H,5,12H2,1-4H3,(H,19,22). The summed E-state index contributed by atoms with van der Waals surface area (Å²) in [6, 6.07) is 9.60. The third kappa shape index (κ3) is 5.04. The minimum Gasteiger partial charge on any atom is -0.389 e. The van der Waals surface area contributed by atoms with Crippen molar-refractivity contribution < 1.29 is 9.90 Å². The van der Waals surface area contributed by atoms with Crippen LogP contribution in [-0.4, -0.2) is 39.7 Å². The van der Waals surface area contributed by atoms with E-state index in [0.717, 1.165) is 16.3 Å². The van der Waals surface area contributed by atoms with Crippen LogP contribution in [0.3, 0.4) is 0 Å². The first-order valence-corrected chi connectivity index (χ1v) is 8.97. The first kappa shape index (κ1) is 18.4. The Labute approximate surface area is 147 Å². The van der Waals surface area contributed by atoms with Gasteiger partial charge >= 0.3 is 6.03 Å². The molecule has 1 heterocycles. The summed E-state index contributed by atoms with van der Waals surface area (Å²) in [5.41, 5.74) is 1.06. The molecule has 0 radical (unpaired) electrons. The average Bonchev–Trinajstić information content (AvgIpc) is 3.02. The molecule has 0 fully saturated rings. The number of aromatic nitrogens is 1. The van der Waals surface area contributed by atoms with Gasteiger partial charge in [0.2, 0.25) is 0 Å². The van der Waals surface area contributed by atoms with E-state index in [4.69, 9.17) is 0 Å². The summed E-state index contributed by atoms with van der Waals surface area (Å²) < 4.78 is 0. The lowest BCUT2D eigenvalue weighted by atomic mass is 10.1. The Balaban J connectivity index is 2.03. The highest BCUT2D eigenvalue weighted by atomic mass is 32.1. The number of aliphatic hydroxyl groups is 1. The second-order valence-electron chi connectivity index (χ2n) is 6.43. The Morgan fingerprint density at radius 2 is 2.04 bits per heavy atom. The predicted molar refractivity (Wildman–Crippen MR) is 98.0 cm³/mol. The van der Waals surface area contributed by atoms with Gasteiger partial charge in [0.1, 0.15) is 5.01 Å². The van der Waals surface area contributed by atoms with Crippen molar-refractivity contribution in [1.29, 1.82) is 0 Å². The number of urea groups is 1. The Morgan fingerprint density at radius 3 is 2.62 bits per heavy atom. The predicted octanol–water partition coefficient (Wildman–Crippen LogP) is 3.67. The fourth-order valence-corrected chi connectivity index (χ4v) is 3.20. The summed E-state index contributed by atoms with van der Waals surface area (Å²) in [5, 5.41) is 15.7. The van der Waals surface area contributed by atoms with E-state index in [0.29, 0.717) is 6.54 Å². The minimum atomic E-state index is -0.918. The lowest BCUT2D eigenvalue weighted by molar-refractivity contribution is 0.0476. The molecule has 0 saturated heterocycles. The van der Waals surface area contributed by atoms with Gasteiger partial charge in [-0.3, -0.25) is 0 Å². The number of hydrogen-bond acceptors (Lipinski definition) is 4. The van der Waals surface area contributed by atoms with Crippen molar-refractivity contribution in [1.82, 2.24) is 15.2 Å². The highest BCUT2D eigenvalue weighted by molar-refractivity contribution is 7.10. The largest absolute Gasteiger partial charge is 0.389 e. The molecule has 1 unspecified atom stereocenters. The van der Waals surface area contributed by atoms with Crippen molar-refractivity contribution in [2.75, 3.05) is 13.1 Å². The van der Waals surface area contributed by atoms with Gasteiger partial charge in [-0.05, 0) is 27.7 Å². The van der Waals surface area contributed by atoms with Gasteiger partial charge in [0.25, 0.3) is 0 Å². The van der Waals surface area contributed by atoms with Gasteiger partial charge < -0.3 is 15.3 Å². The van der Waals surface area contributed by atoms with Crippen LogP contribution < -0.4 is 5.32 Å². The first-order valence-electron chi connectivity index (χ1n) is 8.09. The van der Waals surface area contributed by atoms with Gasteiger partial charge in [0.15, 0.2) is 0 Å². The topological polar surface area (TPSA) is 65.5 Å². The molecular formula is C18H25N3O2S. The minimum absolute atomic E-state index is 0.184. The highest BCUT2D eigenvalue weighted by Gasteiger charge is 2.23. The first-order chi connectivity index (χ1) is 11.3. The number of nitrogens with one attached hydrogen (secondary N) is 1. The van der Waals surface area contributed by atoms with Gasteiger partial charge in [0, 0.05) is 17.5 Å². The number of amides is 2. The maximum absolute atomic E-state index is 12.4. The molecule has 130 valence electrons. The monoisotopic (exact) mass is 347 g/mol. The third-order valence-electron chi connectivity index (χ3n) is 3.55. The van der Waals surface area contributed by atoms with E-state index in [-0.39, 0.29) is 18.6 Å². The number of carbonyl (C=O) groups is 1. The fourth-order valence-electron chi connectivity index (χ4n) is 2.36. The molecule has 24 heavy (non-hydrogen) atoms. The smallest absolute Gasteiger partial charge is 0.318 e. The summed E-state index contributed by atoms with van der Waals surface area (Å²) >= 11 is 1.53. The van der Waals surface area contributed by atoms with E-state index in [1.807, 2.05) is 49.6 Å². The number of likely N-dealkylation sites (N-methyl/N-ethyl adjacent to an activating group) is 1. The molecule has 0 aliphatic rings. The van der Waals surface area contributed by atoms with Gasteiger partial charge in [-0.15, -0.1) is 11.3 Å². The van der Waals surface area contributed by atoms with Crippen LogP contribution in [0, 0.1) is 0 Å². The molecular weight excluding hydrogens is 322 g/mol. The Kier molecular flexibility index (Phi) is 5.96. The second-order valence-corrected chi connectivity index (χ2v) is 7.32. The van der Waals surface area contributed by atoms with Crippen molar-refractivity contribution in [3.63, 3.8) is 0 Å². The van der Waals surface area contributed by atoms with Crippen molar-refractivity contribution in [2.24, 2.45) is 0 Å². The molecule has 1 aromatic heterocycles. The number of hydrogen-bond donors (Lipinski definition) is 2. The van der Waals surface area contributed by atoms with Crippen molar-refractivity contribution in [2.45, 2.75) is 39.3 Å². The fraction of sp³-hybridized carbons (Fsp3) is 0.444. The van der Waals surface area contributed by atoms with Crippen molar-refractivity contribution >= 4 is 17.4 Å². The summed E-state index contributed by atoms with van der Waals surface area (Å²) in [7, 11) is 0. The second kappa shape index (κ2) is 7.77. The molecule has 0 spiro atoms. The zero-order chi connectivity index (χ0) is 17.7. The SMILES string of the molecule is CCN(CC(C)(C)O)C(=O)NC(C)c1nc(-c2ccccc2)cs1. The van der Waals surface area contributed by atoms with E-state index in [1.165, 1.54) is 11.3 Å². The zero-order valence-electron chi connectivity index (χ0n) is 14.6. The normalized spacial score (nSPS) is 12.7. The molecule has 0 bridgehead atoms. The van der Waals surface area contributed by atoms with Crippen molar-refractivity contribution in [3.05, 3.63) is 40.7 Å². The van der Waals surface area contributed by atoms with Crippen LogP contribution in [0.5, 0.6) is 0 Å². The van der Waals surface area contributed by atoms with Crippen LogP contribution in [0.25, 0.3) is 11.3 Å². The molecule has 1 atom stereocenters. The lowest BCUT2D eigenvalue weighted by Crippen LogP contribution is -2.47. The molecule has 0 aliphatic carbocycles. The molecule has 5 nitrogen and oxygen atoms in total. The molecule has 2 rings (SSSR count). The zero-order valence-corrected chi connectivity index (χ0v) is 15.4. The number of rotatable bonds is 6. The molecule has 0 aliphatic heterocycles. The van der Waals surface area contributed by atoms with E-state index in [1.54, 1.807) is 18.7 Å². The van der Waals surface area contributed by atoms with Crippen LogP contribution in [0.2, 0.25) is 0 Å². The Morgan fingerprint density at radius 1 is 1.38 bits per heavy atom. The molecule has 0 saturated carbocycles. The molecule has 2 aromatic rings. The molecule has 1 aromatic carbocycles.